The zero-order valence-electron chi connectivity index (χ0n) is 13.4. The van der Waals surface area contributed by atoms with Crippen LogP contribution in [0.5, 0.6) is 0 Å². The maximum atomic E-state index is 13.8. The Labute approximate surface area is 140 Å². The summed E-state index contributed by atoms with van der Waals surface area (Å²) in [7, 11) is 0. The lowest BCUT2D eigenvalue weighted by molar-refractivity contribution is -0.128. The van der Waals surface area contributed by atoms with Gasteiger partial charge in [0.05, 0.1) is 12.9 Å². The van der Waals surface area contributed by atoms with Crippen molar-refractivity contribution in [2.75, 3.05) is 11.9 Å². The van der Waals surface area contributed by atoms with Gasteiger partial charge in [0.1, 0.15) is 6.10 Å². The molecule has 1 amide bonds. The Kier molecular flexibility index (Phi) is 4.35. The van der Waals surface area contributed by atoms with Crippen molar-refractivity contribution in [1.29, 1.82) is 0 Å². The molecule has 2 aromatic heterocycles. The molecule has 3 unspecified atom stereocenters. The van der Waals surface area contributed by atoms with Crippen molar-refractivity contribution in [3.05, 3.63) is 16.7 Å². The average molecular weight is 353 g/mol. The third kappa shape index (κ3) is 2.91. The van der Waals surface area contributed by atoms with Crippen LogP contribution in [0.15, 0.2) is 11.1 Å². The van der Waals surface area contributed by atoms with Crippen molar-refractivity contribution in [3.63, 3.8) is 0 Å². The van der Waals surface area contributed by atoms with Gasteiger partial charge in [0.15, 0.2) is 23.6 Å². The molecule has 1 fully saturated rings. The van der Waals surface area contributed by atoms with Crippen LogP contribution < -0.4 is 10.9 Å². The molecule has 134 valence electrons. The molecule has 10 nitrogen and oxygen atoms in total. The van der Waals surface area contributed by atoms with E-state index >= 15 is 0 Å². The number of alkyl halides is 1. The second-order valence-electron chi connectivity index (χ2n) is 5.90. The molecule has 0 radical (unpaired) electrons. The Balaban J connectivity index is 2.03. The predicted molar refractivity (Wildman–Crippen MR) is 82.5 cm³/mol. The van der Waals surface area contributed by atoms with E-state index in [4.69, 9.17) is 9.84 Å². The molecule has 0 saturated carbocycles. The lowest BCUT2D eigenvalue weighted by Crippen LogP contribution is -2.25. The summed E-state index contributed by atoms with van der Waals surface area (Å²) in [5.41, 5.74) is -0.780. The molecule has 1 saturated heterocycles. The van der Waals surface area contributed by atoms with Gasteiger partial charge in [-0.3, -0.25) is 29.3 Å². The molecule has 1 aliphatic heterocycles. The number of aromatic amines is 1. The van der Waals surface area contributed by atoms with Crippen molar-refractivity contribution in [3.8, 4) is 0 Å². The number of nitrogens with one attached hydrogen (secondary N) is 2. The van der Waals surface area contributed by atoms with Gasteiger partial charge >= 0.3 is 0 Å². The minimum Gasteiger partial charge on any atom is -0.394 e. The minimum atomic E-state index is -1.99. The van der Waals surface area contributed by atoms with Crippen LogP contribution >= 0.6 is 0 Å². The summed E-state index contributed by atoms with van der Waals surface area (Å²) in [5.74, 6) is -1.75. The third-order valence-corrected chi connectivity index (χ3v) is 3.78. The zero-order valence-corrected chi connectivity index (χ0v) is 13.4. The summed E-state index contributed by atoms with van der Waals surface area (Å²) in [6.45, 7) is 2.66. The number of imidazole rings is 1. The van der Waals surface area contributed by atoms with Crippen molar-refractivity contribution < 1.29 is 23.8 Å². The van der Waals surface area contributed by atoms with E-state index in [0.717, 1.165) is 10.9 Å². The van der Waals surface area contributed by atoms with Crippen molar-refractivity contribution >= 4 is 28.8 Å². The number of H-pyrrole nitrogens is 1. The second kappa shape index (κ2) is 6.33. The third-order valence-electron chi connectivity index (χ3n) is 3.78. The number of nitrogens with zero attached hydrogens (tertiary/aromatic N) is 3. The Morgan fingerprint density at radius 2 is 2.24 bits per heavy atom. The van der Waals surface area contributed by atoms with Gasteiger partial charge in [0.2, 0.25) is 17.6 Å². The molecule has 0 spiro atoms. The molecule has 11 heteroatoms. The van der Waals surface area contributed by atoms with Gasteiger partial charge in [-0.15, -0.1) is 0 Å². The number of halogens is 1. The SMILES string of the molecule is CC(C)C(=O)Nc1nc2c(ncn2C2OC(CO)C(F)C2=O)c(=O)[nH]1. The molecule has 0 bridgehead atoms. The average Bonchev–Trinajstić information content (AvgIpc) is 3.10. The zero-order chi connectivity index (χ0) is 18.3. The van der Waals surface area contributed by atoms with Gasteiger partial charge < -0.3 is 9.84 Å². The van der Waals surface area contributed by atoms with E-state index in [1.54, 1.807) is 13.8 Å². The van der Waals surface area contributed by atoms with Crippen LogP contribution in [0.4, 0.5) is 10.3 Å². The van der Waals surface area contributed by atoms with E-state index in [1.165, 1.54) is 0 Å². The fraction of sp³-hybridized carbons (Fsp3) is 0.500. The molecule has 3 heterocycles. The summed E-state index contributed by atoms with van der Waals surface area (Å²) >= 11 is 0. The van der Waals surface area contributed by atoms with Gasteiger partial charge in [0.25, 0.3) is 5.56 Å². The normalized spacial score (nSPS) is 23.6. The molecule has 1 aliphatic rings. The van der Waals surface area contributed by atoms with E-state index in [0.29, 0.717) is 0 Å². The largest absolute Gasteiger partial charge is 0.394 e. The summed E-state index contributed by atoms with van der Waals surface area (Å²) in [6.07, 6.45) is -3.57. The van der Waals surface area contributed by atoms with Crippen LogP contribution in [-0.4, -0.2) is 55.2 Å². The van der Waals surface area contributed by atoms with Gasteiger partial charge in [-0.2, -0.15) is 4.98 Å². The summed E-state index contributed by atoms with van der Waals surface area (Å²) in [5, 5.41) is 11.5. The number of amides is 1. The lowest BCUT2D eigenvalue weighted by atomic mass is 10.2. The molecule has 3 atom stereocenters. The monoisotopic (exact) mass is 353 g/mol. The summed E-state index contributed by atoms with van der Waals surface area (Å²) in [6, 6.07) is 0. The summed E-state index contributed by atoms with van der Waals surface area (Å²) < 4.78 is 20.1. The maximum Gasteiger partial charge on any atom is 0.280 e. The fourth-order valence-electron chi connectivity index (χ4n) is 2.38. The molecule has 3 N–H and O–H groups in total. The van der Waals surface area contributed by atoms with Crippen LogP contribution in [0.2, 0.25) is 0 Å². The van der Waals surface area contributed by atoms with Crippen LogP contribution in [0, 0.1) is 5.92 Å². The minimum absolute atomic E-state index is 0.0491. The molecule has 2 aromatic rings. The first-order valence-electron chi connectivity index (χ1n) is 7.55. The number of ether oxygens (including phenoxy) is 1. The maximum absolute atomic E-state index is 13.8. The van der Waals surface area contributed by atoms with Crippen molar-refractivity contribution in [1.82, 2.24) is 19.5 Å². The fourth-order valence-corrected chi connectivity index (χ4v) is 2.38. The highest BCUT2D eigenvalue weighted by atomic mass is 19.1. The van der Waals surface area contributed by atoms with Crippen LogP contribution in [0.1, 0.15) is 20.1 Å². The van der Waals surface area contributed by atoms with Crippen molar-refractivity contribution in [2.24, 2.45) is 5.92 Å². The Bertz CT molecular complexity index is 891. The summed E-state index contributed by atoms with van der Waals surface area (Å²) in [4.78, 5) is 46.1. The van der Waals surface area contributed by atoms with Gasteiger partial charge in [-0.25, -0.2) is 9.37 Å². The van der Waals surface area contributed by atoms with E-state index in [1.807, 2.05) is 0 Å². The number of aliphatic hydroxyl groups is 1. The Morgan fingerprint density at radius 1 is 1.52 bits per heavy atom. The number of ketones is 1. The first-order chi connectivity index (χ1) is 11.8. The topological polar surface area (TPSA) is 139 Å². The smallest absolute Gasteiger partial charge is 0.280 e. The van der Waals surface area contributed by atoms with Crippen molar-refractivity contribution in [2.45, 2.75) is 32.4 Å². The molecular formula is C14H16FN5O5. The highest BCUT2D eigenvalue weighted by Gasteiger charge is 2.45. The van der Waals surface area contributed by atoms with E-state index in [-0.39, 0.29) is 28.9 Å². The second-order valence-corrected chi connectivity index (χ2v) is 5.90. The highest BCUT2D eigenvalue weighted by Crippen LogP contribution is 2.29. The number of Topliss-reactive ketones (excluding diaryl/α,β-unsaturated/α-hetero) is 1. The number of anilines is 1. The number of fused-ring (bicyclic) bond motifs is 1. The van der Waals surface area contributed by atoms with E-state index in [2.05, 4.69) is 20.3 Å². The number of aromatic nitrogens is 4. The van der Waals surface area contributed by atoms with Gasteiger partial charge in [-0.1, -0.05) is 13.8 Å². The van der Waals surface area contributed by atoms with Crippen LogP contribution in [0.25, 0.3) is 11.2 Å². The molecule has 25 heavy (non-hydrogen) atoms. The number of rotatable bonds is 4. The molecule has 0 aromatic carbocycles. The number of hydrogen-bond donors (Lipinski definition) is 3. The number of aliphatic hydroxyl groups excluding tert-OH is 1. The van der Waals surface area contributed by atoms with Crippen LogP contribution in [0.3, 0.4) is 0 Å². The molecule has 3 rings (SSSR count). The first-order valence-corrected chi connectivity index (χ1v) is 7.55. The van der Waals surface area contributed by atoms with Crippen LogP contribution in [-0.2, 0) is 14.3 Å². The van der Waals surface area contributed by atoms with E-state index < -0.39 is 36.5 Å². The lowest BCUT2D eigenvalue weighted by Gasteiger charge is -2.12. The molecular weight excluding hydrogens is 337 g/mol. The predicted octanol–water partition coefficient (Wildman–Crippen LogP) is -0.489. The highest BCUT2D eigenvalue weighted by molar-refractivity contribution is 5.91. The Hall–Kier alpha value is -2.66. The van der Waals surface area contributed by atoms with Gasteiger partial charge in [0, 0.05) is 5.92 Å². The molecule has 0 aliphatic carbocycles. The number of carbonyl (C=O) groups excluding carboxylic acids is 2. The quantitative estimate of drug-likeness (QED) is 0.674. The van der Waals surface area contributed by atoms with E-state index in [9.17, 15) is 18.8 Å². The van der Waals surface area contributed by atoms with Gasteiger partial charge in [-0.05, 0) is 0 Å². The first kappa shape index (κ1) is 17.2. The number of carbonyl (C=O) groups is 2. The standard InChI is InChI=1S/C14H16FN5O5/c1-5(2)11(23)18-14-17-10-8(12(24)19-14)16-4-20(10)13-9(22)7(15)6(3-21)25-13/h4-7,13,21H,3H2,1-2H3,(H2,17,18,19,23,24). The number of hydrogen-bond acceptors (Lipinski definition) is 7. The Morgan fingerprint density at radius 3 is 2.84 bits per heavy atom.